The molecule has 0 radical (unpaired) electrons. The van der Waals surface area contributed by atoms with Crippen LogP contribution in [0.1, 0.15) is 51.6 Å². The first-order chi connectivity index (χ1) is 12.5. The number of nitrogens with zero attached hydrogens (tertiary/aromatic N) is 1. The Morgan fingerprint density at radius 2 is 1.77 bits per heavy atom. The van der Waals surface area contributed by atoms with Crippen LogP contribution in [0.25, 0.3) is 0 Å². The van der Waals surface area contributed by atoms with Crippen LogP contribution in [0.2, 0.25) is 0 Å². The van der Waals surface area contributed by atoms with Crippen molar-refractivity contribution in [2.75, 3.05) is 40.4 Å². The van der Waals surface area contributed by atoms with E-state index in [1.807, 2.05) is 39.2 Å². The Labute approximate surface area is 158 Å². The fourth-order valence-electron chi connectivity index (χ4n) is 2.38. The second-order valence-corrected chi connectivity index (χ2v) is 6.68. The van der Waals surface area contributed by atoms with Gasteiger partial charge in [0.1, 0.15) is 0 Å². The summed E-state index contributed by atoms with van der Waals surface area (Å²) < 4.78 is 11.6. The summed E-state index contributed by atoms with van der Waals surface area (Å²) in [6.45, 7) is 9.01. The molecule has 0 heterocycles. The van der Waals surface area contributed by atoms with E-state index in [1.54, 1.807) is 0 Å². The molecular weight excluding hydrogens is 330 g/mol. The number of nitrogens with one attached hydrogen (secondary N) is 2. The summed E-state index contributed by atoms with van der Waals surface area (Å²) in [5.41, 5.74) is 0.989. The van der Waals surface area contributed by atoms with Crippen molar-refractivity contribution < 1.29 is 14.3 Å². The first kappa shape index (κ1) is 22.1. The van der Waals surface area contributed by atoms with Crippen molar-refractivity contribution in [3.63, 3.8) is 0 Å². The molecule has 6 nitrogen and oxygen atoms in total. The summed E-state index contributed by atoms with van der Waals surface area (Å²) in [6, 6.07) is 5.58. The Hall–Kier alpha value is -1.95. The predicted molar refractivity (Wildman–Crippen MR) is 106 cm³/mol. The smallest absolute Gasteiger partial charge is 0.315 e. The number of benzene rings is 1. The Morgan fingerprint density at radius 1 is 1.12 bits per heavy atom. The van der Waals surface area contributed by atoms with E-state index in [9.17, 15) is 4.79 Å². The monoisotopic (exact) mass is 365 g/mol. The number of hydrogen-bond donors (Lipinski definition) is 2. The maximum atomic E-state index is 12.0. The molecule has 1 rings (SSSR count). The molecule has 26 heavy (non-hydrogen) atoms. The first-order valence-electron chi connectivity index (χ1n) is 9.56. The standard InChI is InChI=1S/C20H35N3O3/c1-6-13-25-18-10-9-17(15-19(18)26-14-7-2)16(3)22-20(24)21-11-8-12-23(4)5/h9-10,15-16H,6-8,11-14H2,1-5H3,(H2,21,22,24). The molecular formula is C20H35N3O3. The van der Waals surface area contributed by atoms with Gasteiger partial charge in [-0.15, -0.1) is 0 Å². The molecule has 148 valence electrons. The highest BCUT2D eigenvalue weighted by molar-refractivity contribution is 5.74. The van der Waals surface area contributed by atoms with Gasteiger partial charge >= 0.3 is 6.03 Å². The maximum Gasteiger partial charge on any atom is 0.315 e. The molecule has 0 saturated heterocycles. The van der Waals surface area contributed by atoms with Crippen molar-refractivity contribution >= 4 is 6.03 Å². The van der Waals surface area contributed by atoms with Crippen LogP contribution in [-0.2, 0) is 0 Å². The van der Waals surface area contributed by atoms with E-state index in [-0.39, 0.29) is 12.1 Å². The zero-order chi connectivity index (χ0) is 19.4. The largest absolute Gasteiger partial charge is 0.490 e. The van der Waals surface area contributed by atoms with E-state index in [0.29, 0.717) is 19.8 Å². The van der Waals surface area contributed by atoms with Gasteiger partial charge in [-0.25, -0.2) is 4.79 Å². The highest BCUT2D eigenvalue weighted by Crippen LogP contribution is 2.31. The molecule has 0 spiro atoms. The fourth-order valence-corrected chi connectivity index (χ4v) is 2.38. The van der Waals surface area contributed by atoms with E-state index in [0.717, 1.165) is 42.9 Å². The summed E-state index contributed by atoms with van der Waals surface area (Å²) in [6.07, 6.45) is 2.80. The molecule has 1 aromatic carbocycles. The minimum Gasteiger partial charge on any atom is -0.490 e. The summed E-state index contributed by atoms with van der Waals surface area (Å²) in [5, 5.41) is 5.86. The van der Waals surface area contributed by atoms with Crippen LogP contribution in [-0.4, -0.2) is 51.3 Å². The van der Waals surface area contributed by atoms with Crippen LogP contribution >= 0.6 is 0 Å². The van der Waals surface area contributed by atoms with Crippen LogP contribution in [0, 0.1) is 0 Å². The molecule has 0 saturated carbocycles. The molecule has 1 atom stereocenters. The SMILES string of the molecule is CCCOc1ccc(C(C)NC(=O)NCCCN(C)C)cc1OCCC. The Balaban J connectivity index is 2.63. The molecule has 1 unspecified atom stereocenters. The molecule has 0 fully saturated rings. The van der Waals surface area contributed by atoms with E-state index in [4.69, 9.17) is 9.47 Å². The van der Waals surface area contributed by atoms with Gasteiger partial charge in [0.2, 0.25) is 0 Å². The highest BCUT2D eigenvalue weighted by Gasteiger charge is 2.13. The van der Waals surface area contributed by atoms with E-state index < -0.39 is 0 Å². The van der Waals surface area contributed by atoms with Gasteiger partial charge in [-0.05, 0) is 64.5 Å². The molecule has 0 aliphatic carbocycles. The van der Waals surface area contributed by atoms with Gasteiger partial charge in [0.15, 0.2) is 11.5 Å². The van der Waals surface area contributed by atoms with Crippen molar-refractivity contribution in [1.29, 1.82) is 0 Å². The summed E-state index contributed by atoms with van der Waals surface area (Å²) in [4.78, 5) is 14.1. The van der Waals surface area contributed by atoms with Crippen LogP contribution in [0.5, 0.6) is 11.5 Å². The lowest BCUT2D eigenvalue weighted by Crippen LogP contribution is -2.38. The van der Waals surface area contributed by atoms with Gasteiger partial charge in [0, 0.05) is 6.54 Å². The molecule has 2 N–H and O–H groups in total. The summed E-state index contributed by atoms with van der Waals surface area (Å²) in [7, 11) is 4.04. The zero-order valence-electron chi connectivity index (χ0n) is 16.9. The van der Waals surface area contributed by atoms with Crippen molar-refractivity contribution in [1.82, 2.24) is 15.5 Å². The second-order valence-electron chi connectivity index (χ2n) is 6.68. The third-order valence-electron chi connectivity index (χ3n) is 3.81. The number of carbonyl (C=O) groups excluding carboxylic acids is 1. The van der Waals surface area contributed by atoms with E-state index >= 15 is 0 Å². The lowest BCUT2D eigenvalue weighted by atomic mass is 10.1. The van der Waals surface area contributed by atoms with Crippen LogP contribution in [0.4, 0.5) is 4.79 Å². The number of rotatable bonds is 12. The fraction of sp³-hybridized carbons (Fsp3) is 0.650. The molecule has 0 aliphatic rings. The second kappa shape index (κ2) is 12.4. The molecule has 0 aliphatic heterocycles. The van der Waals surface area contributed by atoms with Crippen molar-refractivity contribution in [3.05, 3.63) is 23.8 Å². The lowest BCUT2D eigenvalue weighted by Gasteiger charge is -2.18. The number of ether oxygens (including phenoxy) is 2. The molecule has 0 bridgehead atoms. The van der Waals surface area contributed by atoms with Crippen molar-refractivity contribution in [2.24, 2.45) is 0 Å². The third kappa shape index (κ3) is 8.43. The molecule has 0 aromatic heterocycles. The van der Waals surface area contributed by atoms with Crippen molar-refractivity contribution in [3.8, 4) is 11.5 Å². The molecule has 1 aromatic rings. The summed E-state index contributed by atoms with van der Waals surface area (Å²) in [5.74, 6) is 1.49. The zero-order valence-corrected chi connectivity index (χ0v) is 16.9. The summed E-state index contributed by atoms with van der Waals surface area (Å²) >= 11 is 0. The number of urea groups is 1. The van der Waals surface area contributed by atoms with E-state index in [2.05, 4.69) is 29.4 Å². The first-order valence-corrected chi connectivity index (χ1v) is 9.56. The lowest BCUT2D eigenvalue weighted by molar-refractivity contribution is 0.237. The normalized spacial score (nSPS) is 11.9. The van der Waals surface area contributed by atoms with Crippen LogP contribution < -0.4 is 20.1 Å². The minimum absolute atomic E-state index is 0.118. The third-order valence-corrected chi connectivity index (χ3v) is 3.81. The highest BCUT2D eigenvalue weighted by atomic mass is 16.5. The number of amides is 2. The Kier molecular flexibility index (Phi) is 10.5. The van der Waals surface area contributed by atoms with Gasteiger partial charge in [-0.1, -0.05) is 19.9 Å². The molecule has 6 heteroatoms. The van der Waals surface area contributed by atoms with Crippen LogP contribution in [0.15, 0.2) is 18.2 Å². The predicted octanol–water partition coefficient (Wildman–Crippen LogP) is 3.58. The van der Waals surface area contributed by atoms with Gasteiger partial charge in [0.05, 0.1) is 19.3 Å². The van der Waals surface area contributed by atoms with Gasteiger partial charge in [-0.2, -0.15) is 0 Å². The average molecular weight is 366 g/mol. The van der Waals surface area contributed by atoms with Crippen molar-refractivity contribution in [2.45, 2.75) is 46.1 Å². The molecule has 2 amide bonds. The maximum absolute atomic E-state index is 12.0. The van der Waals surface area contributed by atoms with Gasteiger partial charge in [0.25, 0.3) is 0 Å². The minimum atomic E-state index is -0.154. The number of hydrogen-bond acceptors (Lipinski definition) is 4. The Morgan fingerprint density at radius 3 is 2.38 bits per heavy atom. The van der Waals surface area contributed by atoms with E-state index in [1.165, 1.54) is 0 Å². The van der Waals surface area contributed by atoms with Gasteiger partial charge < -0.3 is 25.0 Å². The van der Waals surface area contributed by atoms with Crippen LogP contribution in [0.3, 0.4) is 0 Å². The van der Waals surface area contributed by atoms with Gasteiger partial charge in [-0.3, -0.25) is 0 Å². The Bertz CT molecular complexity index is 535. The topological polar surface area (TPSA) is 62.8 Å². The average Bonchev–Trinajstić information content (AvgIpc) is 2.61. The number of carbonyl (C=O) groups is 1. The quantitative estimate of drug-likeness (QED) is 0.556.